The highest BCUT2D eigenvalue weighted by Gasteiger charge is 2.24. The molecule has 1 amide bonds. The maximum atomic E-state index is 12.0. The number of hydrogen-bond donors (Lipinski definition) is 1. The number of anilines is 1. The molecule has 7 heteroatoms. The summed E-state index contributed by atoms with van der Waals surface area (Å²) in [4.78, 5) is 14.0. The molecule has 21 heavy (non-hydrogen) atoms. The SMILES string of the molecule is Cc1cccc(NC(=O)CN2CCN(S(C)(=O)=O)CC2)c1. The van der Waals surface area contributed by atoms with Gasteiger partial charge in [-0.1, -0.05) is 12.1 Å². The Kier molecular flexibility index (Phi) is 4.97. The van der Waals surface area contributed by atoms with E-state index in [1.54, 1.807) is 0 Å². The highest BCUT2D eigenvalue weighted by Crippen LogP contribution is 2.10. The van der Waals surface area contributed by atoms with Crippen LogP contribution in [0.3, 0.4) is 0 Å². The Hall–Kier alpha value is -1.44. The molecule has 1 fully saturated rings. The van der Waals surface area contributed by atoms with E-state index >= 15 is 0 Å². The summed E-state index contributed by atoms with van der Waals surface area (Å²) in [5, 5.41) is 2.86. The number of hydrogen-bond acceptors (Lipinski definition) is 4. The number of carbonyl (C=O) groups excluding carboxylic acids is 1. The summed E-state index contributed by atoms with van der Waals surface area (Å²) >= 11 is 0. The third-order valence-corrected chi connectivity index (χ3v) is 4.77. The Balaban J connectivity index is 1.82. The van der Waals surface area contributed by atoms with Crippen molar-refractivity contribution in [2.45, 2.75) is 6.92 Å². The standard InChI is InChI=1S/C14H21N3O3S/c1-12-4-3-5-13(10-12)15-14(18)11-16-6-8-17(9-7-16)21(2,19)20/h3-5,10H,6-9,11H2,1-2H3,(H,15,18). The maximum absolute atomic E-state index is 12.0. The van der Waals surface area contributed by atoms with Gasteiger partial charge in [0, 0.05) is 31.9 Å². The van der Waals surface area contributed by atoms with Crippen molar-refractivity contribution in [3.63, 3.8) is 0 Å². The zero-order valence-corrected chi connectivity index (χ0v) is 13.2. The number of sulfonamides is 1. The van der Waals surface area contributed by atoms with E-state index in [1.807, 2.05) is 36.1 Å². The first-order valence-corrected chi connectivity index (χ1v) is 8.73. The van der Waals surface area contributed by atoms with E-state index in [2.05, 4.69) is 5.32 Å². The lowest BCUT2D eigenvalue weighted by atomic mass is 10.2. The summed E-state index contributed by atoms with van der Waals surface area (Å²) in [6.07, 6.45) is 1.22. The number of aryl methyl sites for hydroxylation is 1. The van der Waals surface area contributed by atoms with E-state index in [1.165, 1.54) is 10.6 Å². The molecule has 0 aromatic heterocycles. The van der Waals surface area contributed by atoms with E-state index in [9.17, 15) is 13.2 Å². The van der Waals surface area contributed by atoms with E-state index < -0.39 is 10.0 Å². The fourth-order valence-electron chi connectivity index (χ4n) is 2.35. The van der Waals surface area contributed by atoms with Crippen LogP contribution in [0, 0.1) is 6.92 Å². The van der Waals surface area contributed by atoms with Crippen molar-refractivity contribution in [1.82, 2.24) is 9.21 Å². The lowest BCUT2D eigenvalue weighted by Crippen LogP contribution is -2.50. The van der Waals surface area contributed by atoms with Gasteiger partial charge in [-0.05, 0) is 24.6 Å². The Labute approximate surface area is 125 Å². The summed E-state index contributed by atoms with van der Waals surface area (Å²) < 4.78 is 24.3. The lowest BCUT2D eigenvalue weighted by Gasteiger charge is -2.32. The van der Waals surface area contributed by atoms with Gasteiger partial charge >= 0.3 is 0 Å². The fraction of sp³-hybridized carbons (Fsp3) is 0.500. The normalized spacial score (nSPS) is 17.6. The largest absolute Gasteiger partial charge is 0.325 e. The van der Waals surface area contributed by atoms with Crippen molar-refractivity contribution in [2.24, 2.45) is 0 Å². The number of carbonyl (C=O) groups is 1. The third-order valence-electron chi connectivity index (χ3n) is 3.47. The summed E-state index contributed by atoms with van der Waals surface area (Å²) in [7, 11) is -3.12. The molecule has 1 aliphatic rings. The molecule has 0 bridgehead atoms. The van der Waals surface area contributed by atoms with Gasteiger partial charge in [-0.3, -0.25) is 9.69 Å². The van der Waals surface area contributed by atoms with Crippen LogP contribution in [0.5, 0.6) is 0 Å². The van der Waals surface area contributed by atoms with Gasteiger partial charge in [-0.25, -0.2) is 8.42 Å². The van der Waals surface area contributed by atoms with Gasteiger partial charge in [0.2, 0.25) is 15.9 Å². The molecule has 1 N–H and O–H groups in total. The molecule has 0 unspecified atom stereocenters. The first-order valence-electron chi connectivity index (χ1n) is 6.88. The van der Waals surface area contributed by atoms with Crippen molar-refractivity contribution in [3.8, 4) is 0 Å². The van der Waals surface area contributed by atoms with E-state index in [-0.39, 0.29) is 12.5 Å². The molecule has 1 aromatic carbocycles. The van der Waals surface area contributed by atoms with Crippen LogP contribution >= 0.6 is 0 Å². The van der Waals surface area contributed by atoms with E-state index in [0.29, 0.717) is 26.2 Å². The molecule has 0 atom stereocenters. The number of piperazine rings is 1. The zero-order valence-electron chi connectivity index (χ0n) is 12.4. The Morgan fingerprint density at radius 3 is 2.48 bits per heavy atom. The minimum absolute atomic E-state index is 0.0756. The smallest absolute Gasteiger partial charge is 0.238 e. The van der Waals surface area contributed by atoms with Crippen LogP contribution in [-0.2, 0) is 14.8 Å². The highest BCUT2D eigenvalue weighted by atomic mass is 32.2. The van der Waals surface area contributed by atoms with Crippen molar-refractivity contribution in [3.05, 3.63) is 29.8 Å². The van der Waals surface area contributed by atoms with Crippen LogP contribution < -0.4 is 5.32 Å². The monoisotopic (exact) mass is 311 g/mol. The molecule has 2 rings (SSSR count). The third kappa shape index (κ3) is 4.80. The molecule has 0 spiro atoms. The molecule has 116 valence electrons. The van der Waals surface area contributed by atoms with Crippen LogP contribution in [0.15, 0.2) is 24.3 Å². The number of rotatable bonds is 4. The van der Waals surface area contributed by atoms with E-state index in [4.69, 9.17) is 0 Å². The van der Waals surface area contributed by atoms with Gasteiger partial charge in [0.05, 0.1) is 12.8 Å². The van der Waals surface area contributed by atoms with Crippen molar-refractivity contribution in [2.75, 3.05) is 44.3 Å². The van der Waals surface area contributed by atoms with Gasteiger partial charge in [0.25, 0.3) is 0 Å². The minimum atomic E-state index is -3.12. The summed E-state index contributed by atoms with van der Waals surface area (Å²) in [5.74, 6) is -0.0756. The fourth-order valence-corrected chi connectivity index (χ4v) is 3.17. The second-order valence-corrected chi connectivity index (χ2v) is 7.34. The van der Waals surface area contributed by atoms with Crippen molar-refractivity contribution in [1.29, 1.82) is 0 Å². The Morgan fingerprint density at radius 1 is 1.24 bits per heavy atom. The van der Waals surface area contributed by atoms with Crippen LogP contribution in [0.4, 0.5) is 5.69 Å². The van der Waals surface area contributed by atoms with Crippen LogP contribution in [-0.4, -0.2) is 62.5 Å². The van der Waals surface area contributed by atoms with Crippen LogP contribution in [0.25, 0.3) is 0 Å². The summed E-state index contributed by atoms with van der Waals surface area (Å²) in [6, 6.07) is 7.64. The first-order chi connectivity index (χ1) is 9.84. The van der Waals surface area contributed by atoms with Crippen LogP contribution in [0.1, 0.15) is 5.56 Å². The van der Waals surface area contributed by atoms with Gasteiger partial charge in [0.15, 0.2) is 0 Å². The summed E-state index contributed by atoms with van der Waals surface area (Å²) in [5.41, 5.74) is 1.88. The van der Waals surface area contributed by atoms with Crippen molar-refractivity contribution >= 4 is 21.6 Å². The second-order valence-electron chi connectivity index (χ2n) is 5.36. The second kappa shape index (κ2) is 6.55. The predicted octanol–water partition coefficient (Wildman–Crippen LogP) is 0.511. The molecular weight excluding hydrogens is 290 g/mol. The summed E-state index contributed by atoms with van der Waals surface area (Å²) in [6.45, 7) is 4.29. The molecule has 0 saturated carbocycles. The van der Waals surface area contributed by atoms with Gasteiger partial charge in [-0.15, -0.1) is 0 Å². The average Bonchev–Trinajstić information content (AvgIpc) is 2.38. The number of benzene rings is 1. The minimum Gasteiger partial charge on any atom is -0.325 e. The number of nitrogens with one attached hydrogen (secondary N) is 1. The van der Waals surface area contributed by atoms with Crippen molar-refractivity contribution < 1.29 is 13.2 Å². The average molecular weight is 311 g/mol. The predicted molar refractivity (Wildman–Crippen MR) is 82.7 cm³/mol. The Bertz CT molecular complexity index is 608. The molecule has 1 heterocycles. The van der Waals surface area contributed by atoms with E-state index in [0.717, 1.165) is 11.3 Å². The molecule has 0 radical (unpaired) electrons. The van der Waals surface area contributed by atoms with Gasteiger partial charge < -0.3 is 5.32 Å². The molecule has 1 aliphatic heterocycles. The maximum Gasteiger partial charge on any atom is 0.238 e. The van der Waals surface area contributed by atoms with Gasteiger partial charge in [0.1, 0.15) is 0 Å². The molecule has 1 saturated heterocycles. The number of amides is 1. The Morgan fingerprint density at radius 2 is 1.90 bits per heavy atom. The number of nitrogens with zero attached hydrogens (tertiary/aromatic N) is 2. The highest BCUT2D eigenvalue weighted by molar-refractivity contribution is 7.88. The van der Waals surface area contributed by atoms with Gasteiger partial charge in [-0.2, -0.15) is 4.31 Å². The topological polar surface area (TPSA) is 69.7 Å². The molecule has 6 nitrogen and oxygen atoms in total. The first kappa shape index (κ1) is 15.9. The molecule has 1 aromatic rings. The zero-order chi connectivity index (χ0) is 15.5. The molecular formula is C14H21N3O3S. The molecule has 0 aliphatic carbocycles. The quantitative estimate of drug-likeness (QED) is 0.880. The van der Waals surface area contributed by atoms with Crippen LogP contribution in [0.2, 0.25) is 0 Å². The lowest BCUT2D eigenvalue weighted by molar-refractivity contribution is -0.117.